The Kier molecular flexibility index (Phi) is 5.87. The Bertz CT molecular complexity index is 637. The van der Waals surface area contributed by atoms with Crippen molar-refractivity contribution in [2.45, 2.75) is 19.9 Å². The van der Waals surface area contributed by atoms with Crippen LogP contribution in [0.15, 0.2) is 36.4 Å². The van der Waals surface area contributed by atoms with Crippen molar-refractivity contribution in [1.29, 1.82) is 0 Å². The molecule has 0 saturated carbocycles. The molecule has 1 unspecified atom stereocenters. The van der Waals surface area contributed by atoms with Gasteiger partial charge in [-0.2, -0.15) is 0 Å². The van der Waals surface area contributed by atoms with Crippen LogP contribution in [0.3, 0.4) is 0 Å². The number of hydrogen-bond acceptors (Lipinski definition) is 4. The van der Waals surface area contributed by atoms with E-state index in [0.29, 0.717) is 11.8 Å². The Morgan fingerprint density at radius 1 is 1.19 bits per heavy atom. The van der Waals surface area contributed by atoms with Gasteiger partial charge in [-0.3, -0.25) is 9.59 Å². The van der Waals surface area contributed by atoms with E-state index in [2.05, 4.69) is 0 Å². The van der Waals surface area contributed by atoms with Crippen LogP contribution in [-0.2, 0) is 4.79 Å². The molecular weight excluding hydrogens is 270 g/mol. The number of carboxylic acids is 1. The first-order valence-electron chi connectivity index (χ1n) is 6.52. The number of phenols is 1. The number of aromatic hydroxyl groups is 1. The van der Waals surface area contributed by atoms with Crippen LogP contribution in [0.1, 0.15) is 24.2 Å². The maximum Gasteiger partial charge on any atom is 0.320 e. The van der Waals surface area contributed by atoms with Crippen LogP contribution in [0.2, 0.25) is 0 Å². The highest BCUT2D eigenvalue weighted by molar-refractivity contribution is 6.00. The second-order valence-corrected chi connectivity index (χ2v) is 4.95. The minimum atomic E-state index is -0.931. The van der Waals surface area contributed by atoms with Gasteiger partial charge in [0.05, 0.1) is 5.56 Å². The Morgan fingerprint density at radius 2 is 1.81 bits per heavy atom. The van der Waals surface area contributed by atoms with Crippen LogP contribution in [0.25, 0.3) is 10.8 Å². The molecule has 0 saturated heterocycles. The summed E-state index contributed by atoms with van der Waals surface area (Å²) in [7, 11) is 0. The first kappa shape index (κ1) is 16.7. The maximum absolute atomic E-state index is 10.7. The predicted molar refractivity (Wildman–Crippen MR) is 81.4 cm³/mol. The van der Waals surface area contributed by atoms with Gasteiger partial charge in [-0.25, -0.2) is 0 Å². The van der Waals surface area contributed by atoms with Crippen molar-refractivity contribution < 1.29 is 19.8 Å². The molecule has 2 aromatic carbocycles. The topological polar surface area (TPSA) is 101 Å². The zero-order chi connectivity index (χ0) is 16.0. The summed E-state index contributed by atoms with van der Waals surface area (Å²) < 4.78 is 0. The molecule has 2 aromatic rings. The lowest BCUT2D eigenvalue weighted by Crippen LogP contribution is -2.34. The molecule has 1 atom stereocenters. The molecule has 0 aliphatic rings. The predicted octanol–water partition coefficient (Wildman–Crippen LogP) is 2.41. The van der Waals surface area contributed by atoms with Gasteiger partial charge in [-0.1, -0.05) is 44.2 Å². The summed E-state index contributed by atoms with van der Waals surface area (Å²) in [5.74, 6) is -0.874. The van der Waals surface area contributed by atoms with Crippen molar-refractivity contribution in [2.75, 3.05) is 0 Å². The van der Waals surface area contributed by atoms with Gasteiger partial charge in [0.25, 0.3) is 0 Å². The number of aldehydes is 1. The molecule has 0 amide bonds. The molecule has 0 fully saturated rings. The quantitative estimate of drug-likeness (QED) is 0.753. The molecule has 0 bridgehead atoms. The van der Waals surface area contributed by atoms with E-state index in [1.807, 2.05) is 24.3 Å². The molecule has 5 heteroatoms. The van der Waals surface area contributed by atoms with Crippen molar-refractivity contribution in [2.24, 2.45) is 11.7 Å². The van der Waals surface area contributed by atoms with Crippen molar-refractivity contribution in [3.05, 3.63) is 42.0 Å². The number of carboxylic acid groups (broad SMARTS) is 1. The maximum atomic E-state index is 10.7. The molecule has 0 heterocycles. The molecule has 0 aromatic heterocycles. The minimum Gasteiger partial charge on any atom is -0.507 e. The van der Waals surface area contributed by atoms with E-state index in [1.54, 1.807) is 19.9 Å². The van der Waals surface area contributed by atoms with Crippen LogP contribution in [0.4, 0.5) is 0 Å². The zero-order valence-electron chi connectivity index (χ0n) is 12.0. The van der Waals surface area contributed by atoms with Gasteiger partial charge in [0.1, 0.15) is 11.8 Å². The fraction of sp³-hybridized carbons (Fsp3) is 0.250. The Balaban J connectivity index is 0.000000240. The third-order valence-electron chi connectivity index (χ3n) is 3.07. The zero-order valence-corrected chi connectivity index (χ0v) is 12.0. The van der Waals surface area contributed by atoms with E-state index in [9.17, 15) is 14.7 Å². The number of aliphatic carboxylic acids is 1. The van der Waals surface area contributed by atoms with E-state index in [1.165, 1.54) is 6.07 Å². The number of carbonyl (C=O) groups excluding carboxylic acids is 1. The third-order valence-corrected chi connectivity index (χ3v) is 3.07. The Hall–Kier alpha value is -2.40. The van der Waals surface area contributed by atoms with Crippen molar-refractivity contribution in [3.8, 4) is 5.75 Å². The lowest BCUT2D eigenvalue weighted by atomic mass is 10.0. The van der Waals surface area contributed by atoms with Gasteiger partial charge in [0.15, 0.2) is 6.29 Å². The number of benzene rings is 2. The second-order valence-electron chi connectivity index (χ2n) is 4.95. The number of phenolic OH excluding ortho intramolecular Hbond substituents is 1. The molecule has 0 aliphatic carbocycles. The lowest BCUT2D eigenvalue weighted by Gasteiger charge is -2.07. The SMILES string of the molecule is CC(C)C(N)C(=O)O.O=Cc1c(O)ccc2ccccc12. The number of rotatable bonds is 3. The van der Waals surface area contributed by atoms with Gasteiger partial charge in [-0.05, 0) is 22.8 Å². The lowest BCUT2D eigenvalue weighted by molar-refractivity contribution is -0.139. The highest BCUT2D eigenvalue weighted by Crippen LogP contribution is 2.24. The molecule has 0 spiro atoms. The highest BCUT2D eigenvalue weighted by Gasteiger charge is 2.14. The van der Waals surface area contributed by atoms with Crippen LogP contribution < -0.4 is 5.73 Å². The van der Waals surface area contributed by atoms with Crippen molar-refractivity contribution in [3.63, 3.8) is 0 Å². The summed E-state index contributed by atoms with van der Waals surface area (Å²) in [6.07, 6.45) is 0.678. The fourth-order valence-corrected chi connectivity index (χ4v) is 1.69. The summed E-state index contributed by atoms with van der Waals surface area (Å²) in [6.45, 7) is 3.55. The largest absolute Gasteiger partial charge is 0.507 e. The monoisotopic (exact) mass is 289 g/mol. The molecular formula is C16H19NO4. The van der Waals surface area contributed by atoms with Gasteiger partial charge in [-0.15, -0.1) is 0 Å². The summed E-state index contributed by atoms with van der Waals surface area (Å²) >= 11 is 0. The minimum absolute atomic E-state index is 0.0208. The van der Waals surface area contributed by atoms with E-state index in [4.69, 9.17) is 10.8 Å². The van der Waals surface area contributed by atoms with Crippen LogP contribution >= 0.6 is 0 Å². The number of nitrogens with two attached hydrogens (primary N) is 1. The molecule has 21 heavy (non-hydrogen) atoms. The molecule has 5 nitrogen and oxygen atoms in total. The van der Waals surface area contributed by atoms with Crippen molar-refractivity contribution in [1.82, 2.24) is 0 Å². The van der Waals surface area contributed by atoms with Gasteiger partial charge < -0.3 is 15.9 Å². The number of fused-ring (bicyclic) bond motifs is 1. The van der Waals surface area contributed by atoms with Crippen LogP contribution in [0, 0.1) is 5.92 Å². The average molecular weight is 289 g/mol. The third kappa shape index (κ3) is 4.29. The van der Waals surface area contributed by atoms with Crippen LogP contribution in [-0.4, -0.2) is 28.5 Å². The average Bonchev–Trinajstić information content (AvgIpc) is 2.46. The van der Waals surface area contributed by atoms with E-state index in [0.717, 1.165) is 10.8 Å². The smallest absolute Gasteiger partial charge is 0.320 e. The Labute approximate surface area is 123 Å². The van der Waals surface area contributed by atoms with Gasteiger partial charge in [0, 0.05) is 0 Å². The second kappa shape index (κ2) is 7.40. The molecule has 0 radical (unpaired) electrons. The molecule has 4 N–H and O–H groups in total. The van der Waals surface area contributed by atoms with Crippen molar-refractivity contribution >= 4 is 23.0 Å². The highest BCUT2D eigenvalue weighted by atomic mass is 16.4. The Morgan fingerprint density at radius 3 is 2.29 bits per heavy atom. The summed E-state index contributed by atoms with van der Waals surface area (Å²) in [5, 5.41) is 19.4. The molecule has 0 aliphatic heterocycles. The fourth-order valence-electron chi connectivity index (χ4n) is 1.69. The first-order valence-corrected chi connectivity index (χ1v) is 6.52. The normalized spacial score (nSPS) is 11.6. The van der Waals surface area contributed by atoms with Gasteiger partial charge >= 0.3 is 5.97 Å². The summed E-state index contributed by atoms with van der Waals surface area (Å²) in [6, 6.07) is 10.1. The molecule has 2 rings (SSSR count). The first-order chi connectivity index (χ1) is 9.88. The number of hydrogen-bond donors (Lipinski definition) is 3. The van der Waals surface area contributed by atoms with Gasteiger partial charge in [0.2, 0.25) is 0 Å². The van der Waals surface area contributed by atoms with E-state index < -0.39 is 12.0 Å². The molecule has 112 valence electrons. The van der Waals surface area contributed by atoms with E-state index in [-0.39, 0.29) is 11.7 Å². The standard InChI is InChI=1S/C11H8O2.C5H11NO2/c12-7-10-9-4-2-1-3-8(9)5-6-11(10)13;1-3(2)4(6)5(7)8/h1-7,13H;3-4H,6H2,1-2H3,(H,7,8). The summed E-state index contributed by atoms with van der Waals surface area (Å²) in [5.41, 5.74) is 5.52. The van der Waals surface area contributed by atoms with Crippen LogP contribution in [0.5, 0.6) is 5.75 Å². The number of carbonyl (C=O) groups is 2. The summed E-state index contributed by atoms with van der Waals surface area (Å²) in [4.78, 5) is 20.7. The van der Waals surface area contributed by atoms with E-state index >= 15 is 0 Å².